The number of nitrogens with one attached hydrogen (secondary N) is 1. The van der Waals surface area contributed by atoms with Crippen LogP contribution in [-0.2, 0) is 9.59 Å². The van der Waals surface area contributed by atoms with Crippen LogP contribution in [-0.4, -0.2) is 16.7 Å². The van der Waals surface area contributed by atoms with Crippen LogP contribution in [0.4, 0.5) is 11.4 Å². The number of benzene rings is 2. The summed E-state index contributed by atoms with van der Waals surface area (Å²) < 4.78 is 0. The van der Waals surface area contributed by atoms with Gasteiger partial charge in [0.25, 0.3) is 17.5 Å². The smallest absolute Gasteiger partial charge is 0.267 e. The highest BCUT2D eigenvalue weighted by Crippen LogP contribution is 2.21. The zero-order valence-corrected chi connectivity index (χ0v) is 11.8. The second-order valence-corrected chi connectivity index (χ2v) is 4.82. The largest absolute Gasteiger partial charge is 0.282 e. The molecule has 0 bridgehead atoms. The second kappa shape index (κ2) is 5.72. The zero-order valence-electron chi connectivity index (χ0n) is 11.8. The van der Waals surface area contributed by atoms with Gasteiger partial charge in [-0.2, -0.15) is 0 Å². The van der Waals surface area contributed by atoms with Gasteiger partial charge in [-0.1, -0.05) is 18.2 Å². The Balaban J connectivity index is 1.89. The van der Waals surface area contributed by atoms with Crippen LogP contribution >= 0.6 is 0 Å². The van der Waals surface area contributed by atoms with Crippen LogP contribution in [0, 0.1) is 10.1 Å². The lowest BCUT2D eigenvalue weighted by molar-refractivity contribution is -0.384. The van der Waals surface area contributed by atoms with Gasteiger partial charge < -0.3 is 0 Å². The Bertz CT molecular complexity index is 813. The Morgan fingerprint density at radius 1 is 1.00 bits per heavy atom. The molecule has 1 N–H and O–H groups in total. The van der Waals surface area contributed by atoms with Crippen LogP contribution in [0.2, 0.25) is 0 Å². The summed E-state index contributed by atoms with van der Waals surface area (Å²) in [4.78, 5) is 34.5. The molecule has 7 nitrogen and oxygen atoms in total. The summed E-state index contributed by atoms with van der Waals surface area (Å²) in [5, 5.41) is 11.8. The number of nitrogens with zero attached hydrogens (tertiary/aromatic N) is 2. The summed E-state index contributed by atoms with van der Waals surface area (Å²) in [5.41, 5.74) is 3.49. The van der Waals surface area contributed by atoms with Gasteiger partial charge in [-0.15, -0.1) is 0 Å². The molecule has 2 aromatic rings. The van der Waals surface area contributed by atoms with Gasteiger partial charge in [-0.3, -0.25) is 25.1 Å². The molecular weight excluding hydrogens is 298 g/mol. The minimum Gasteiger partial charge on any atom is -0.267 e. The van der Waals surface area contributed by atoms with Crippen molar-refractivity contribution >= 4 is 29.3 Å². The maximum Gasteiger partial charge on any atom is 0.282 e. The Morgan fingerprint density at radius 3 is 2.26 bits per heavy atom. The van der Waals surface area contributed by atoms with E-state index in [9.17, 15) is 19.7 Å². The molecule has 1 aliphatic rings. The van der Waals surface area contributed by atoms with Crippen LogP contribution in [0.1, 0.15) is 5.56 Å². The number of hydrogen-bond donors (Lipinski definition) is 1. The first-order valence-electron chi connectivity index (χ1n) is 6.73. The topological polar surface area (TPSA) is 92.6 Å². The molecule has 0 unspecified atom stereocenters. The minimum absolute atomic E-state index is 0.0253. The molecule has 1 fully saturated rings. The van der Waals surface area contributed by atoms with Gasteiger partial charge in [-0.05, 0) is 35.9 Å². The first kappa shape index (κ1) is 14.5. The summed E-state index contributed by atoms with van der Waals surface area (Å²) in [7, 11) is 0. The van der Waals surface area contributed by atoms with Crippen LogP contribution in [0.3, 0.4) is 0 Å². The molecule has 23 heavy (non-hydrogen) atoms. The maximum atomic E-state index is 12.4. The quantitative estimate of drug-likeness (QED) is 0.406. The number of hydrazine groups is 1. The van der Waals surface area contributed by atoms with Crippen molar-refractivity contribution in [2.45, 2.75) is 0 Å². The van der Waals surface area contributed by atoms with E-state index in [1.807, 2.05) is 0 Å². The van der Waals surface area contributed by atoms with Crippen LogP contribution in [0.15, 0.2) is 60.2 Å². The monoisotopic (exact) mass is 309 g/mol. The number of para-hydroxylation sites is 1. The number of hydrogen-bond acceptors (Lipinski definition) is 4. The summed E-state index contributed by atoms with van der Waals surface area (Å²) in [6.45, 7) is 0. The van der Waals surface area contributed by atoms with E-state index in [4.69, 9.17) is 0 Å². The highest BCUT2D eigenvalue weighted by atomic mass is 16.6. The van der Waals surface area contributed by atoms with E-state index >= 15 is 0 Å². The minimum atomic E-state index is -0.516. The number of carbonyl (C=O) groups is 2. The van der Waals surface area contributed by atoms with Crippen molar-refractivity contribution in [2.75, 3.05) is 5.01 Å². The predicted molar refractivity (Wildman–Crippen MR) is 83.1 cm³/mol. The molecular formula is C16H11N3O4. The molecule has 1 saturated heterocycles. The third-order valence-corrected chi connectivity index (χ3v) is 3.32. The Kier molecular flexibility index (Phi) is 3.60. The van der Waals surface area contributed by atoms with E-state index in [0.717, 1.165) is 0 Å². The Hall–Kier alpha value is -3.48. The van der Waals surface area contributed by atoms with E-state index < -0.39 is 16.7 Å². The molecule has 114 valence electrons. The molecule has 0 spiro atoms. The van der Waals surface area contributed by atoms with Gasteiger partial charge >= 0.3 is 0 Å². The molecule has 3 rings (SSSR count). The Labute approximate surface area is 131 Å². The average Bonchev–Trinajstić information content (AvgIpc) is 2.84. The van der Waals surface area contributed by atoms with E-state index in [1.165, 1.54) is 35.4 Å². The number of non-ortho nitro benzene ring substituents is 1. The van der Waals surface area contributed by atoms with Crippen LogP contribution in [0.25, 0.3) is 6.08 Å². The summed E-state index contributed by atoms with van der Waals surface area (Å²) in [5.74, 6) is -0.989. The van der Waals surface area contributed by atoms with Crippen LogP contribution < -0.4 is 10.4 Å². The molecule has 1 aliphatic heterocycles. The summed E-state index contributed by atoms with van der Waals surface area (Å²) in [6, 6.07) is 14.3. The van der Waals surface area contributed by atoms with Crippen molar-refractivity contribution in [3.8, 4) is 0 Å². The lowest BCUT2D eigenvalue weighted by atomic mass is 10.1. The van der Waals surface area contributed by atoms with Gasteiger partial charge in [0.05, 0.1) is 10.6 Å². The summed E-state index contributed by atoms with van der Waals surface area (Å²) >= 11 is 0. The van der Waals surface area contributed by atoms with Crippen molar-refractivity contribution in [1.29, 1.82) is 0 Å². The van der Waals surface area contributed by atoms with Gasteiger partial charge in [-0.25, -0.2) is 5.01 Å². The molecule has 0 aromatic heterocycles. The first-order valence-corrected chi connectivity index (χ1v) is 6.73. The van der Waals surface area contributed by atoms with E-state index in [-0.39, 0.29) is 11.3 Å². The molecule has 0 radical (unpaired) electrons. The van der Waals surface area contributed by atoms with E-state index in [2.05, 4.69) is 5.43 Å². The first-order chi connectivity index (χ1) is 11.1. The van der Waals surface area contributed by atoms with Crippen molar-refractivity contribution in [3.63, 3.8) is 0 Å². The van der Waals surface area contributed by atoms with Gasteiger partial charge in [0.2, 0.25) is 0 Å². The molecule has 1 heterocycles. The lowest BCUT2D eigenvalue weighted by Gasteiger charge is -2.13. The van der Waals surface area contributed by atoms with E-state index in [0.29, 0.717) is 11.3 Å². The highest BCUT2D eigenvalue weighted by molar-refractivity contribution is 6.31. The van der Waals surface area contributed by atoms with E-state index in [1.54, 1.807) is 30.3 Å². The van der Waals surface area contributed by atoms with Gasteiger partial charge in [0, 0.05) is 12.1 Å². The van der Waals surface area contributed by atoms with Crippen molar-refractivity contribution in [3.05, 3.63) is 75.8 Å². The predicted octanol–water partition coefficient (Wildman–Crippen LogP) is 2.06. The van der Waals surface area contributed by atoms with Gasteiger partial charge in [0.15, 0.2) is 0 Å². The third-order valence-electron chi connectivity index (χ3n) is 3.32. The zero-order chi connectivity index (χ0) is 16.4. The standard InChI is InChI=1S/C16H11N3O4/c20-15-14(10-11-6-8-13(9-7-11)19(22)23)16(21)18(17-15)12-4-2-1-3-5-12/h1-10H,(H,17,20)/b14-10-. The van der Waals surface area contributed by atoms with Crippen molar-refractivity contribution in [1.82, 2.24) is 5.43 Å². The second-order valence-electron chi connectivity index (χ2n) is 4.82. The normalized spacial score (nSPS) is 15.8. The number of nitro benzene ring substituents is 1. The SMILES string of the molecule is O=C1NN(c2ccccc2)C(=O)/C1=C\c1ccc([N+](=O)[O-])cc1. The Morgan fingerprint density at radius 2 is 1.65 bits per heavy atom. The molecule has 0 atom stereocenters. The maximum absolute atomic E-state index is 12.4. The van der Waals surface area contributed by atoms with Crippen LogP contribution in [0.5, 0.6) is 0 Å². The fourth-order valence-corrected chi connectivity index (χ4v) is 2.18. The molecule has 2 amide bonds. The fraction of sp³-hybridized carbons (Fsp3) is 0. The highest BCUT2D eigenvalue weighted by Gasteiger charge is 2.34. The molecule has 0 aliphatic carbocycles. The molecule has 2 aromatic carbocycles. The van der Waals surface area contributed by atoms with Crippen molar-refractivity contribution in [2.24, 2.45) is 0 Å². The molecule has 7 heteroatoms. The molecule has 0 saturated carbocycles. The number of amides is 2. The number of anilines is 1. The summed E-state index contributed by atoms with van der Waals surface area (Å²) in [6.07, 6.45) is 1.41. The average molecular weight is 309 g/mol. The van der Waals surface area contributed by atoms with Gasteiger partial charge in [0.1, 0.15) is 5.57 Å². The number of carbonyl (C=O) groups excluding carboxylic acids is 2. The lowest BCUT2D eigenvalue weighted by Crippen LogP contribution is -2.35. The number of nitro groups is 1. The number of rotatable bonds is 3. The fourth-order valence-electron chi connectivity index (χ4n) is 2.18. The third kappa shape index (κ3) is 2.80. The van der Waals surface area contributed by atoms with Crippen molar-refractivity contribution < 1.29 is 14.5 Å².